The summed E-state index contributed by atoms with van der Waals surface area (Å²) in [4.78, 5) is 0. The van der Waals surface area contributed by atoms with Gasteiger partial charge in [0.1, 0.15) is 5.75 Å². The van der Waals surface area contributed by atoms with Crippen LogP contribution in [-0.2, 0) is 30.3 Å². The van der Waals surface area contributed by atoms with Gasteiger partial charge in [-0.1, -0.05) is 12.1 Å². The Labute approximate surface area is 131 Å². The summed E-state index contributed by atoms with van der Waals surface area (Å²) in [5.41, 5.74) is 1.02. The maximum absolute atomic E-state index is 9.15. The van der Waals surface area contributed by atoms with Gasteiger partial charge in [0.05, 0.1) is 59.5 Å². The highest BCUT2D eigenvalue weighted by Crippen LogP contribution is 2.10. The van der Waals surface area contributed by atoms with E-state index in [1.54, 1.807) is 19.2 Å². The van der Waals surface area contributed by atoms with Crippen LogP contribution in [-0.4, -0.2) is 65.1 Å². The zero-order valence-electron chi connectivity index (χ0n) is 13.2. The molecule has 0 radical (unpaired) electrons. The first-order chi connectivity index (χ1) is 10.8. The highest BCUT2D eigenvalue weighted by Gasteiger charge is 1.95. The standard InChI is InChI=1S/C16H26O6/c1-18-6-7-19-8-9-20-10-11-21-12-13-22-14-15-2-4-16(17)5-3-15/h2-5,17H,6-14H2,1H3. The Hall–Kier alpha value is -1.18. The van der Waals surface area contributed by atoms with E-state index in [1.807, 2.05) is 12.1 Å². The molecule has 6 heteroatoms. The van der Waals surface area contributed by atoms with Crippen molar-refractivity contribution in [2.45, 2.75) is 6.61 Å². The second-order valence-corrected chi connectivity index (χ2v) is 4.55. The second kappa shape index (κ2) is 13.5. The minimum Gasteiger partial charge on any atom is -0.508 e. The largest absolute Gasteiger partial charge is 0.508 e. The summed E-state index contributed by atoms with van der Waals surface area (Å²) >= 11 is 0. The molecule has 6 nitrogen and oxygen atoms in total. The van der Waals surface area contributed by atoms with Gasteiger partial charge in [-0.3, -0.25) is 0 Å². The number of rotatable bonds is 14. The lowest BCUT2D eigenvalue weighted by molar-refractivity contribution is -0.00949. The van der Waals surface area contributed by atoms with Gasteiger partial charge < -0.3 is 28.8 Å². The van der Waals surface area contributed by atoms with Crippen LogP contribution in [0.15, 0.2) is 24.3 Å². The number of benzene rings is 1. The zero-order chi connectivity index (χ0) is 15.9. The van der Waals surface area contributed by atoms with Crippen molar-refractivity contribution in [2.75, 3.05) is 60.0 Å². The van der Waals surface area contributed by atoms with Crippen molar-refractivity contribution in [3.05, 3.63) is 29.8 Å². The maximum Gasteiger partial charge on any atom is 0.115 e. The van der Waals surface area contributed by atoms with Gasteiger partial charge in [0.25, 0.3) is 0 Å². The molecule has 126 valence electrons. The highest BCUT2D eigenvalue weighted by atomic mass is 16.6. The molecule has 0 bridgehead atoms. The molecule has 0 saturated carbocycles. The van der Waals surface area contributed by atoms with Crippen molar-refractivity contribution in [2.24, 2.45) is 0 Å². The zero-order valence-corrected chi connectivity index (χ0v) is 13.2. The van der Waals surface area contributed by atoms with E-state index >= 15 is 0 Å². The topological polar surface area (TPSA) is 66.4 Å². The molecule has 0 spiro atoms. The number of hydrogen-bond acceptors (Lipinski definition) is 6. The average molecular weight is 314 g/mol. The van der Waals surface area contributed by atoms with Crippen molar-refractivity contribution < 1.29 is 28.8 Å². The van der Waals surface area contributed by atoms with E-state index in [4.69, 9.17) is 28.8 Å². The maximum atomic E-state index is 9.15. The van der Waals surface area contributed by atoms with Gasteiger partial charge >= 0.3 is 0 Å². The van der Waals surface area contributed by atoms with Crippen LogP contribution in [0.2, 0.25) is 0 Å². The fourth-order valence-corrected chi connectivity index (χ4v) is 1.58. The molecule has 1 rings (SSSR count). The Morgan fingerprint density at radius 2 is 1.14 bits per heavy atom. The minimum atomic E-state index is 0.260. The third kappa shape index (κ3) is 10.5. The Balaban J connectivity index is 1.79. The predicted molar refractivity (Wildman–Crippen MR) is 82.1 cm³/mol. The van der Waals surface area contributed by atoms with Crippen LogP contribution in [0.4, 0.5) is 0 Å². The third-order valence-corrected chi connectivity index (χ3v) is 2.75. The lowest BCUT2D eigenvalue weighted by Crippen LogP contribution is -2.12. The molecule has 22 heavy (non-hydrogen) atoms. The summed E-state index contributed by atoms with van der Waals surface area (Å²) in [6, 6.07) is 6.95. The van der Waals surface area contributed by atoms with E-state index in [1.165, 1.54) is 0 Å². The van der Waals surface area contributed by atoms with Crippen LogP contribution < -0.4 is 0 Å². The number of methoxy groups -OCH3 is 1. The van der Waals surface area contributed by atoms with E-state index in [2.05, 4.69) is 0 Å². The average Bonchev–Trinajstić information content (AvgIpc) is 2.53. The number of phenolic OH excluding ortho intramolecular Hbond substituents is 1. The monoisotopic (exact) mass is 314 g/mol. The minimum absolute atomic E-state index is 0.260. The molecule has 1 aromatic rings. The Kier molecular flexibility index (Phi) is 11.6. The first-order valence-electron chi connectivity index (χ1n) is 7.40. The number of aromatic hydroxyl groups is 1. The van der Waals surface area contributed by atoms with E-state index in [0.717, 1.165) is 5.56 Å². The molecular weight excluding hydrogens is 288 g/mol. The fourth-order valence-electron chi connectivity index (χ4n) is 1.58. The number of ether oxygens (including phenoxy) is 5. The van der Waals surface area contributed by atoms with Crippen LogP contribution in [0, 0.1) is 0 Å². The van der Waals surface area contributed by atoms with Crippen molar-refractivity contribution in [1.82, 2.24) is 0 Å². The van der Waals surface area contributed by atoms with Crippen LogP contribution in [0.5, 0.6) is 5.75 Å². The van der Waals surface area contributed by atoms with E-state index < -0.39 is 0 Å². The van der Waals surface area contributed by atoms with Crippen LogP contribution >= 0.6 is 0 Å². The summed E-state index contributed by atoms with van der Waals surface area (Å²) in [7, 11) is 1.64. The molecule has 1 N–H and O–H groups in total. The van der Waals surface area contributed by atoms with Crippen molar-refractivity contribution >= 4 is 0 Å². The van der Waals surface area contributed by atoms with Gasteiger partial charge in [0.2, 0.25) is 0 Å². The van der Waals surface area contributed by atoms with Crippen molar-refractivity contribution in [1.29, 1.82) is 0 Å². The van der Waals surface area contributed by atoms with Crippen molar-refractivity contribution in [3.8, 4) is 5.75 Å². The predicted octanol–water partition coefficient (Wildman–Crippen LogP) is 1.60. The van der Waals surface area contributed by atoms with Gasteiger partial charge in [-0.15, -0.1) is 0 Å². The summed E-state index contributed by atoms with van der Waals surface area (Å²) in [6.45, 7) is 4.99. The molecule has 0 heterocycles. The van der Waals surface area contributed by atoms with E-state index in [9.17, 15) is 0 Å². The molecule has 0 amide bonds. The second-order valence-electron chi connectivity index (χ2n) is 4.55. The van der Waals surface area contributed by atoms with Crippen molar-refractivity contribution in [3.63, 3.8) is 0 Å². The Morgan fingerprint density at radius 1 is 0.682 bits per heavy atom. The van der Waals surface area contributed by atoms with Gasteiger partial charge in [0, 0.05) is 7.11 Å². The smallest absolute Gasteiger partial charge is 0.115 e. The summed E-state index contributed by atoms with van der Waals surface area (Å²) in [5, 5.41) is 9.15. The van der Waals surface area contributed by atoms with Gasteiger partial charge in [0.15, 0.2) is 0 Å². The number of phenols is 1. The molecule has 0 atom stereocenters. The van der Waals surface area contributed by atoms with Gasteiger partial charge in [-0.05, 0) is 17.7 Å². The molecule has 0 aliphatic rings. The highest BCUT2D eigenvalue weighted by molar-refractivity contribution is 5.25. The molecule has 1 aromatic carbocycles. The van der Waals surface area contributed by atoms with Crippen LogP contribution in [0.3, 0.4) is 0 Å². The Bertz CT molecular complexity index is 354. The molecule has 0 unspecified atom stereocenters. The van der Waals surface area contributed by atoms with Gasteiger partial charge in [-0.25, -0.2) is 0 Å². The third-order valence-electron chi connectivity index (χ3n) is 2.75. The van der Waals surface area contributed by atoms with E-state index in [0.29, 0.717) is 59.5 Å². The first-order valence-corrected chi connectivity index (χ1v) is 7.40. The Morgan fingerprint density at radius 3 is 1.64 bits per heavy atom. The lowest BCUT2D eigenvalue weighted by atomic mass is 10.2. The summed E-state index contributed by atoms with van der Waals surface area (Å²) < 4.78 is 26.3. The molecule has 0 saturated heterocycles. The normalized spacial score (nSPS) is 11.0. The summed E-state index contributed by atoms with van der Waals surface area (Å²) in [6.07, 6.45) is 0. The molecule has 0 aromatic heterocycles. The van der Waals surface area contributed by atoms with E-state index in [-0.39, 0.29) is 5.75 Å². The number of hydrogen-bond donors (Lipinski definition) is 1. The SMILES string of the molecule is COCCOCCOCCOCCOCc1ccc(O)cc1. The quantitative estimate of drug-likeness (QED) is 0.526. The molecule has 0 fully saturated rings. The van der Waals surface area contributed by atoms with Crippen LogP contribution in [0.25, 0.3) is 0 Å². The molecular formula is C16H26O6. The summed E-state index contributed by atoms with van der Waals surface area (Å²) in [5.74, 6) is 0.260. The fraction of sp³-hybridized carbons (Fsp3) is 0.625. The van der Waals surface area contributed by atoms with Gasteiger partial charge in [-0.2, -0.15) is 0 Å². The first kappa shape index (κ1) is 18.9. The molecule has 0 aliphatic heterocycles. The van der Waals surface area contributed by atoms with Crippen LogP contribution in [0.1, 0.15) is 5.56 Å². The molecule has 0 aliphatic carbocycles. The lowest BCUT2D eigenvalue weighted by Gasteiger charge is -2.07.